The van der Waals surface area contributed by atoms with E-state index in [0.717, 1.165) is 11.1 Å². The van der Waals surface area contributed by atoms with Gasteiger partial charge in [-0.25, -0.2) is 0 Å². The van der Waals surface area contributed by atoms with Gasteiger partial charge in [0.15, 0.2) is 5.78 Å². The topological polar surface area (TPSA) is 54.4 Å². The zero-order valence-corrected chi connectivity index (χ0v) is 11.3. The van der Waals surface area contributed by atoms with Crippen LogP contribution in [0.1, 0.15) is 28.8 Å². The van der Waals surface area contributed by atoms with Gasteiger partial charge in [0.2, 0.25) is 0 Å². The van der Waals surface area contributed by atoms with Gasteiger partial charge in [0.05, 0.1) is 6.42 Å². The first-order valence-corrected chi connectivity index (χ1v) is 6.48. The molecule has 2 rings (SSSR count). The Bertz CT molecular complexity index is 627. The Morgan fingerprint density at radius 1 is 0.950 bits per heavy atom. The molecule has 2 aromatic carbocycles. The number of carboxylic acids is 1. The number of hydrogen-bond acceptors (Lipinski definition) is 2. The lowest BCUT2D eigenvalue weighted by Crippen LogP contribution is -2.03. The smallest absolute Gasteiger partial charge is 0.303 e. The summed E-state index contributed by atoms with van der Waals surface area (Å²) >= 11 is 0. The molecule has 0 radical (unpaired) electrons. The van der Waals surface area contributed by atoms with Gasteiger partial charge in [0, 0.05) is 12.0 Å². The second-order valence-corrected chi connectivity index (χ2v) is 4.76. The molecular weight excluding hydrogens is 252 g/mol. The number of aliphatic carboxylic acids is 1. The lowest BCUT2D eigenvalue weighted by atomic mass is 10.00. The minimum atomic E-state index is -0.949. The van der Waals surface area contributed by atoms with Crippen molar-refractivity contribution in [2.24, 2.45) is 0 Å². The van der Waals surface area contributed by atoms with Crippen LogP contribution in [0.3, 0.4) is 0 Å². The Hall–Kier alpha value is -2.42. The zero-order valence-electron chi connectivity index (χ0n) is 11.3. The minimum absolute atomic E-state index is 0.0408. The van der Waals surface area contributed by atoms with Crippen molar-refractivity contribution < 1.29 is 14.7 Å². The molecule has 3 heteroatoms. The summed E-state index contributed by atoms with van der Waals surface area (Å²) in [4.78, 5) is 22.2. The van der Waals surface area contributed by atoms with E-state index in [2.05, 4.69) is 6.07 Å². The standard InChI is InChI=1S/C17H16O3/c1-12-3-2-4-15(11-12)13-5-7-14(8-6-13)16(18)9-10-17(19)20/h2-8,11H,9-10H2,1H3,(H,19,20). The molecule has 3 nitrogen and oxygen atoms in total. The highest BCUT2D eigenvalue weighted by Gasteiger charge is 2.08. The molecule has 102 valence electrons. The van der Waals surface area contributed by atoms with Crippen LogP contribution in [-0.4, -0.2) is 16.9 Å². The predicted octanol–water partition coefficient (Wildman–Crippen LogP) is 3.71. The first-order chi connectivity index (χ1) is 9.56. The summed E-state index contributed by atoms with van der Waals surface area (Å²) in [6.07, 6.45) is -0.0857. The van der Waals surface area contributed by atoms with Gasteiger partial charge in [0.1, 0.15) is 0 Å². The molecule has 2 aromatic rings. The van der Waals surface area contributed by atoms with Crippen molar-refractivity contribution in [3.05, 3.63) is 59.7 Å². The third-order valence-electron chi connectivity index (χ3n) is 3.12. The van der Waals surface area contributed by atoms with Crippen LogP contribution >= 0.6 is 0 Å². The quantitative estimate of drug-likeness (QED) is 0.841. The molecule has 0 atom stereocenters. The molecule has 0 aliphatic heterocycles. The van der Waals surface area contributed by atoms with E-state index in [1.54, 1.807) is 12.1 Å². The van der Waals surface area contributed by atoms with Crippen molar-refractivity contribution in [3.8, 4) is 11.1 Å². The molecule has 0 fully saturated rings. The minimum Gasteiger partial charge on any atom is -0.481 e. The van der Waals surface area contributed by atoms with E-state index in [0.29, 0.717) is 5.56 Å². The van der Waals surface area contributed by atoms with Crippen LogP contribution in [0, 0.1) is 6.92 Å². The van der Waals surface area contributed by atoms with Crippen LogP contribution in [0.25, 0.3) is 11.1 Å². The fourth-order valence-corrected chi connectivity index (χ4v) is 2.04. The Morgan fingerprint density at radius 3 is 2.25 bits per heavy atom. The molecule has 0 unspecified atom stereocenters. The lowest BCUT2D eigenvalue weighted by molar-refractivity contribution is -0.136. The molecule has 0 heterocycles. The van der Waals surface area contributed by atoms with E-state index < -0.39 is 5.97 Å². The van der Waals surface area contributed by atoms with Gasteiger partial charge in [-0.1, -0.05) is 54.1 Å². The molecule has 0 aromatic heterocycles. The predicted molar refractivity (Wildman–Crippen MR) is 77.8 cm³/mol. The number of aryl methyl sites for hydroxylation is 1. The van der Waals surface area contributed by atoms with E-state index in [1.165, 1.54) is 5.56 Å². The molecule has 0 bridgehead atoms. The summed E-state index contributed by atoms with van der Waals surface area (Å²) in [5.74, 6) is -1.09. The first-order valence-electron chi connectivity index (χ1n) is 6.48. The van der Waals surface area contributed by atoms with Crippen molar-refractivity contribution >= 4 is 11.8 Å². The van der Waals surface area contributed by atoms with Crippen molar-refractivity contribution in [1.82, 2.24) is 0 Å². The molecule has 0 aliphatic rings. The number of Topliss-reactive ketones (excluding diaryl/α,β-unsaturated/α-hetero) is 1. The Labute approximate surface area is 117 Å². The fraction of sp³-hybridized carbons (Fsp3) is 0.176. The Morgan fingerprint density at radius 2 is 1.65 bits per heavy atom. The molecule has 0 amide bonds. The number of rotatable bonds is 5. The van der Waals surface area contributed by atoms with E-state index >= 15 is 0 Å². The number of ketones is 1. The third kappa shape index (κ3) is 3.54. The Kier molecular flexibility index (Phi) is 4.31. The maximum absolute atomic E-state index is 11.8. The molecule has 1 N–H and O–H groups in total. The second-order valence-electron chi connectivity index (χ2n) is 4.76. The number of benzene rings is 2. The second kappa shape index (κ2) is 6.15. The normalized spacial score (nSPS) is 10.2. The summed E-state index contributed by atoms with van der Waals surface area (Å²) in [5.41, 5.74) is 3.89. The van der Waals surface area contributed by atoms with Gasteiger partial charge in [-0.2, -0.15) is 0 Å². The summed E-state index contributed by atoms with van der Waals surface area (Å²) in [5, 5.41) is 8.58. The maximum atomic E-state index is 11.8. The summed E-state index contributed by atoms with van der Waals surface area (Å²) in [6.45, 7) is 2.04. The fourth-order valence-electron chi connectivity index (χ4n) is 2.04. The molecule has 20 heavy (non-hydrogen) atoms. The highest BCUT2D eigenvalue weighted by Crippen LogP contribution is 2.21. The van der Waals surface area contributed by atoms with E-state index in [1.807, 2.05) is 37.3 Å². The zero-order chi connectivity index (χ0) is 14.5. The van der Waals surface area contributed by atoms with E-state index in [-0.39, 0.29) is 18.6 Å². The van der Waals surface area contributed by atoms with Gasteiger partial charge in [-0.05, 0) is 18.1 Å². The number of hydrogen-bond donors (Lipinski definition) is 1. The van der Waals surface area contributed by atoms with Gasteiger partial charge in [0.25, 0.3) is 0 Å². The number of carbonyl (C=O) groups excluding carboxylic acids is 1. The summed E-state index contributed by atoms with van der Waals surface area (Å²) in [7, 11) is 0. The molecule has 0 aliphatic carbocycles. The van der Waals surface area contributed by atoms with Crippen LogP contribution in [0.2, 0.25) is 0 Å². The number of carboxylic acid groups (broad SMARTS) is 1. The maximum Gasteiger partial charge on any atom is 0.303 e. The average Bonchev–Trinajstić information content (AvgIpc) is 2.45. The van der Waals surface area contributed by atoms with Crippen LogP contribution in [0.4, 0.5) is 0 Å². The lowest BCUT2D eigenvalue weighted by Gasteiger charge is -2.04. The van der Waals surface area contributed by atoms with Gasteiger partial charge < -0.3 is 5.11 Å². The van der Waals surface area contributed by atoms with Crippen molar-refractivity contribution in [2.45, 2.75) is 19.8 Å². The van der Waals surface area contributed by atoms with E-state index in [9.17, 15) is 9.59 Å². The largest absolute Gasteiger partial charge is 0.481 e. The SMILES string of the molecule is Cc1cccc(-c2ccc(C(=O)CCC(=O)O)cc2)c1. The number of carbonyl (C=O) groups is 2. The summed E-state index contributed by atoms with van der Waals surface area (Å²) < 4.78 is 0. The molecule has 0 saturated heterocycles. The van der Waals surface area contributed by atoms with Crippen LogP contribution < -0.4 is 0 Å². The summed E-state index contributed by atoms with van der Waals surface area (Å²) in [6, 6.07) is 15.4. The first kappa shape index (κ1) is 14.0. The average molecular weight is 268 g/mol. The van der Waals surface area contributed by atoms with Crippen molar-refractivity contribution in [2.75, 3.05) is 0 Å². The van der Waals surface area contributed by atoms with Crippen molar-refractivity contribution in [3.63, 3.8) is 0 Å². The van der Waals surface area contributed by atoms with Crippen LogP contribution in [-0.2, 0) is 4.79 Å². The van der Waals surface area contributed by atoms with Gasteiger partial charge in [-0.15, -0.1) is 0 Å². The highest BCUT2D eigenvalue weighted by molar-refractivity contribution is 5.97. The Balaban J connectivity index is 2.14. The van der Waals surface area contributed by atoms with Gasteiger partial charge in [-0.3, -0.25) is 9.59 Å². The van der Waals surface area contributed by atoms with E-state index in [4.69, 9.17) is 5.11 Å². The van der Waals surface area contributed by atoms with Crippen LogP contribution in [0.5, 0.6) is 0 Å². The van der Waals surface area contributed by atoms with Gasteiger partial charge >= 0.3 is 5.97 Å². The van der Waals surface area contributed by atoms with Crippen LogP contribution in [0.15, 0.2) is 48.5 Å². The van der Waals surface area contributed by atoms with Crippen molar-refractivity contribution in [1.29, 1.82) is 0 Å². The molecule has 0 saturated carbocycles. The molecule has 0 spiro atoms. The monoisotopic (exact) mass is 268 g/mol. The molecular formula is C17H16O3. The highest BCUT2D eigenvalue weighted by atomic mass is 16.4. The third-order valence-corrected chi connectivity index (χ3v) is 3.12.